The molecule has 4 rings (SSSR count). The normalized spacial score (nSPS) is 12.9. The Hall–Kier alpha value is -3.21. The fourth-order valence-electron chi connectivity index (χ4n) is 3.21. The molecule has 0 saturated carbocycles. The second-order valence-corrected chi connectivity index (χ2v) is 6.09. The number of fused-ring (bicyclic) bond motifs is 3. The van der Waals surface area contributed by atoms with E-state index in [1.807, 2.05) is 54.6 Å². The highest BCUT2D eigenvalue weighted by molar-refractivity contribution is 5.95. The van der Waals surface area contributed by atoms with Gasteiger partial charge >= 0.3 is 0 Å². The fraction of sp³-hybridized carbons (Fsp3) is 0.190. The molecule has 3 aromatic rings. The zero-order valence-electron chi connectivity index (χ0n) is 14.7. The number of methoxy groups -OCH3 is 1. The summed E-state index contributed by atoms with van der Waals surface area (Å²) in [6, 6.07) is 15.3. The zero-order valence-corrected chi connectivity index (χ0v) is 14.7. The van der Waals surface area contributed by atoms with Crippen LogP contribution < -0.4 is 19.8 Å². The molecule has 0 atom stereocenters. The number of para-hydroxylation sites is 1. The molecule has 0 fully saturated rings. The largest absolute Gasteiger partial charge is 0.497 e. The summed E-state index contributed by atoms with van der Waals surface area (Å²) < 4.78 is 18.4. The number of hydrogen-bond donors (Lipinski definition) is 0. The van der Waals surface area contributed by atoms with Crippen LogP contribution >= 0.6 is 0 Å². The summed E-state index contributed by atoms with van der Waals surface area (Å²) >= 11 is 0. The average Bonchev–Trinajstić information content (AvgIpc) is 2.70. The molecular formula is C21H19NO4. The highest BCUT2D eigenvalue weighted by atomic mass is 16.5. The van der Waals surface area contributed by atoms with Crippen molar-refractivity contribution in [3.63, 3.8) is 0 Å². The maximum Gasteiger partial charge on any atom is 0.293 e. The second-order valence-electron chi connectivity index (χ2n) is 6.09. The van der Waals surface area contributed by atoms with E-state index in [4.69, 9.17) is 14.2 Å². The quantitative estimate of drug-likeness (QED) is 0.724. The van der Waals surface area contributed by atoms with E-state index in [0.29, 0.717) is 19.0 Å². The lowest BCUT2D eigenvalue weighted by molar-refractivity contribution is 0.338. The Balaban J connectivity index is 1.72. The Morgan fingerprint density at radius 2 is 1.81 bits per heavy atom. The Kier molecular flexibility index (Phi) is 4.13. The van der Waals surface area contributed by atoms with E-state index in [2.05, 4.69) is 0 Å². The van der Waals surface area contributed by atoms with Gasteiger partial charge in [0.2, 0.25) is 0 Å². The van der Waals surface area contributed by atoms with Crippen LogP contribution in [0.2, 0.25) is 0 Å². The molecule has 0 saturated heterocycles. The number of pyridine rings is 1. The zero-order chi connectivity index (χ0) is 18.1. The van der Waals surface area contributed by atoms with E-state index in [-0.39, 0.29) is 5.56 Å². The molecule has 5 heteroatoms. The van der Waals surface area contributed by atoms with E-state index in [1.54, 1.807) is 18.7 Å². The summed E-state index contributed by atoms with van der Waals surface area (Å²) in [5.74, 6) is 1.91. The maximum atomic E-state index is 12.7. The van der Waals surface area contributed by atoms with Crippen LogP contribution in [0.15, 0.2) is 59.4 Å². The first-order valence-electron chi connectivity index (χ1n) is 8.40. The third-order valence-corrected chi connectivity index (χ3v) is 4.59. The molecule has 0 spiro atoms. The topological polar surface area (TPSA) is 49.7 Å². The van der Waals surface area contributed by atoms with Crippen molar-refractivity contribution >= 4 is 16.5 Å². The standard InChI is InChI=1S/C21H19NO4/c1-22-18-6-4-3-5-17(18)19-14(11-12-25-20(19)21(22)23)13-26-16-9-7-15(24-2)8-10-16/h3-11H,12-13H2,1-2H3. The van der Waals surface area contributed by atoms with Gasteiger partial charge in [0.25, 0.3) is 5.56 Å². The minimum absolute atomic E-state index is 0.131. The lowest BCUT2D eigenvalue weighted by atomic mass is 9.98. The average molecular weight is 349 g/mol. The monoisotopic (exact) mass is 349 g/mol. The molecule has 1 aliphatic heterocycles. The number of aromatic nitrogens is 1. The molecule has 26 heavy (non-hydrogen) atoms. The van der Waals surface area contributed by atoms with Gasteiger partial charge in [-0.15, -0.1) is 0 Å². The van der Waals surface area contributed by atoms with Crippen LogP contribution in [-0.4, -0.2) is 24.9 Å². The molecule has 132 valence electrons. The van der Waals surface area contributed by atoms with Crippen LogP contribution in [0.25, 0.3) is 16.5 Å². The van der Waals surface area contributed by atoms with Crippen LogP contribution in [0.5, 0.6) is 17.2 Å². The summed E-state index contributed by atoms with van der Waals surface area (Å²) in [5, 5.41) is 0.980. The van der Waals surface area contributed by atoms with Gasteiger partial charge in [0.1, 0.15) is 24.7 Å². The minimum Gasteiger partial charge on any atom is -0.497 e. The lowest BCUT2D eigenvalue weighted by Crippen LogP contribution is -2.24. The van der Waals surface area contributed by atoms with Gasteiger partial charge < -0.3 is 18.8 Å². The molecule has 2 heterocycles. The minimum atomic E-state index is -0.131. The van der Waals surface area contributed by atoms with Crippen molar-refractivity contribution in [1.82, 2.24) is 4.57 Å². The van der Waals surface area contributed by atoms with Crippen molar-refractivity contribution in [3.05, 3.63) is 70.5 Å². The molecular weight excluding hydrogens is 330 g/mol. The first kappa shape index (κ1) is 16.3. The predicted molar refractivity (Wildman–Crippen MR) is 101 cm³/mol. The number of ether oxygens (including phenoxy) is 3. The molecule has 2 aromatic carbocycles. The number of benzene rings is 2. The molecule has 0 amide bonds. The molecule has 0 N–H and O–H groups in total. The molecule has 0 bridgehead atoms. The number of hydrogen-bond acceptors (Lipinski definition) is 4. The molecule has 1 aromatic heterocycles. The molecule has 0 radical (unpaired) electrons. The van der Waals surface area contributed by atoms with Crippen molar-refractivity contribution in [2.24, 2.45) is 7.05 Å². The van der Waals surface area contributed by atoms with Crippen molar-refractivity contribution < 1.29 is 14.2 Å². The van der Waals surface area contributed by atoms with Crippen molar-refractivity contribution in [2.75, 3.05) is 20.3 Å². The predicted octanol–water partition coefficient (Wildman–Crippen LogP) is 3.40. The van der Waals surface area contributed by atoms with Crippen molar-refractivity contribution in [1.29, 1.82) is 0 Å². The third-order valence-electron chi connectivity index (χ3n) is 4.59. The van der Waals surface area contributed by atoms with Crippen LogP contribution in [0, 0.1) is 0 Å². The van der Waals surface area contributed by atoms with Crippen LogP contribution in [0.1, 0.15) is 5.56 Å². The number of aryl methyl sites for hydroxylation is 1. The van der Waals surface area contributed by atoms with Crippen molar-refractivity contribution in [2.45, 2.75) is 0 Å². The molecule has 1 aliphatic rings. The summed E-state index contributed by atoms with van der Waals surface area (Å²) in [6.07, 6.45) is 1.97. The van der Waals surface area contributed by atoms with Gasteiger partial charge in [-0.1, -0.05) is 18.2 Å². The summed E-state index contributed by atoms with van der Waals surface area (Å²) in [4.78, 5) is 12.7. The van der Waals surface area contributed by atoms with Crippen LogP contribution in [0.3, 0.4) is 0 Å². The van der Waals surface area contributed by atoms with Gasteiger partial charge in [0.05, 0.1) is 12.6 Å². The lowest BCUT2D eigenvalue weighted by Gasteiger charge is -2.22. The van der Waals surface area contributed by atoms with Crippen LogP contribution in [0.4, 0.5) is 0 Å². The molecule has 0 aliphatic carbocycles. The Morgan fingerprint density at radius 1 is 1.08 bits per heavy atom. The van der Waals surface area contributed by atoms with Gasteiger partial charge in [0.15, 0.2) is 5.75 Å². The summed E-state index contributed by atoms with van der Waals surface area (Å²) in [5.41, 5.74) is 2.52. The first-order valence-corrected chi connectivity index (χ1v) is 8.40. The molecule has 0 unspecified atom stereocenters. The maximum absolute atomic E-state index is 12.7. The number of rotatable bonds is 4. The summed E-state index contributed by atoms with van der Waals surface area (Å²) in [6.45, 7) is 0.724. The Morgan fingerprint density at radius 3 is 2.58 bits per heavy atom. The first-order chi connectivity index (χ1) is 12.7. The SMILES string of the molecule is COc1ccc(OCC2=CCOc3c2c2ccccc2n(C)c3=O)cc1. The van der Waals surface area contributed by atoms with Gasteiger partial charge in [-0.05, 0) is 36.4 Å². The van der Waals surface area contributed by atoms with E-state index < -0.39 is 0 Å². The van der Waals surface area contributed by atoms with E-state index in [9.17, 15) is 4.79 Å². The highest BCUT2D eigenvalue weighted by Gasteiger charge is 2.22. The Bertz CT molecular complexity index is 1050. The smallest absolute Gasteiger partial charge is 0.293 e. The van der Waals surface area contributed by atoms with Gasteiger partial charge in [-0.2, -0.15) is 0 Å². The van der Waals surface area contributed by atoms with Crippen LogP contribution in [-0.2, 0) is 7.05 Å². The van der Waals surface area contributed by atoms with Gasteiger partial charge in [-0.3, -0.25) is 4.79 Å². The van der Waals surface area contributed by atoms with E-state index in [1.165, 1.54) is 0 Å². The third kappa shape index (κ3) is 2.71. The number of nitrogens with zero attached hydrogens (tertiary/aromatic N) is 1. The summed E-state index contributed by atoms with van der Waals surface area (Å²) in [7, 11) is 3.39. The van der Waals surface area contributed by atoms with E-state index >= 15 is 0 Å². The van der Waals surface area contributed by atoms with Gasteiger partial charge in [-0.25, -0.2) is 0 Å². The van der Waals surface area contributed by atoms with E-state index in [0.717, 1.165) is 33.5 Å². The molecule has 5 nitrogen and oxygen atoms in total. The second kappa shape index (κ2) is 6.59. The highest BCUT2D eigenvalue weighted by Crippen LogP contribution is 2.34. The van der Waals surface area contributed by atoms with Crippen molar-refractivity contribution in [3.8, 4) is 17.2 Å². The fourth-order valence-corrected chi connectivity index (χ4v) is 3.21. The Labute approximate surface area is 151 Å². The van der Waals surface area contributed by atoms with Gasteiger partial charge in [0, 0.05) is 23.6 Å².